The standard InChI is InChI=1S/C9H15N3/c1-12(2)9(7-10)8-5-3-4-6-11-8/h3-6,9H,7,10H2,1-2H3/t9-/m1/s1. The van der Waals surface area contributed by atoms with Crippen molar-refractivity contribution in [3.05, 3.63) is 30.1 Å². The van der Waals surface area contributed by atoms with Gasteiger partial charge in [-0.1, -0.05) is 6.07 Å². The highest BCUT2D eigenvalue weighted by Crippen LogP contribution is 2.12. The molecule has 0 aliphatic carbocycles. The third-order valence-corrected chi connectivity index (χ3v) is 1.88. The predicted octanol–water partition coefficient (Wildman–Crippen LogP) is 0.643. The van der Waals surface area contributed by atoms with Crippen LogP contribution in [-0.2, 0) is 0 Å². The highest BCUT2D eigenvalue weighted by Gasteiger charge is 2.11. The van der Waals surface area contributed by atoms with Crippen LogP contribution in [0.15, 0.2) is 24.4 Å². The zero-order valence-corrected chi connectivity index (χ0v) is 7.57. The Morgan fingerprint density at radius 2 is 2.25 bits per heavy atom. The van der Waals surface area contributed by atoms with Gasteiger partial charge in [-0.15, -0.1) is 0 Å². The lowest BCUT2D eigenvalue weighted by Gasteiger charge is -2.21. The molecule has 0 unspecified atom stereocenters. The Kier molecular flexibility index (Phi) is 3.19. The summed E-state index contributed by atoms with van der Waals surface area (Å²) in [5.41, 5.74) is 6.66. The molecule has 66 valence electrons. The van der Waals surface area contributed by atoms with Crippen LogP contribution in [0.4, 0.5) is 0 Å². The van der Waals surface area contributed by atoms with Crippen molar-refractivity contribution in [2.45, 2.75) is 6.04 Å². The van der Waals surface area contributed by atoms with E-state index < -0.39 is 0 Å². The smallest absolute Gasteiger partial charge is 0.0639 e. The van der Waals surface area contributed by atoms with Gasteiger partial charge in [-0.2, -0.15) is 0 Å². The molecule has 0 saturated heterocycles. The van der Waals surface area contributed by atoms with Crippen molar-refractivity contribution >= 4 is 0 Å². The van der Waals surface area contributed by atoms with Crippen LogP contribution in [0, 0.1) is 0 Å². The molecular formula is C9H15N3. The summed E-state index contributed by atoms with van der Waals surface area (Å²) in [5.74, 6) is 0. The Morgan fingerprint density at radius 3 is 2.67 bits per heavy atom. The van der Waals surface area contributed by atoms with Gasteiger partial charge in [0.25, 0.3) is 0 Å². The van der Waals surface area contributed by atoms with Crippen molar-refractivity contribution in [2.24, 2.45) is 5.73 Å². The summed E-state index contributed by atoms with van der Waals surface area (Å²) in [7, 11) is 4.01. The molecule has 0 aromatic carbocycles. The van der Waals surface area contributed by atoms with Crippen molar-refractivity contribution < 1.29 is 0 Å². The van der Waals surface area contributed by atoms with Crippen LogP contribution in [0.3, 0.4) is 0 Å². The number of hydrogen-bond acceptors (Lipinski definition) is 3. The Balaban J connectivity index is 2.80. The lowest BCUT2D eigenvalue weighted by Crippen LogP contribution is -2.27. The molecular weight excluding hydrogens is 150 g/mol. The zero-order valence-electron chi connectivity index (χ0n) is 7.57. The fourth-order valence-electron chi connectivity index (χ4n) is 1.17. The van der Waals surface area contributed by atoms with E-state index >= 15 is 0 Å². The van der Waals surface area contributed by atoms with Crippen LogP contribution in [-0.4, -0.2) is 30.5 Å². The van der Waals surface area contributed by atoms with Crippen LogP contribution in [0.2, 0.25) is 0 Å². The summed E-state index contributed by atoms with van der Waals surface area (Å²) in [6, 6.07) is 6.12. The minimum absolute atomic E-state index is 0.228. The first-order valence-corrected chi connectivity index (χ1v) is 4.03. The monoisotopic (exact) mass is 165 g/mol. The molecule has 12 heavy (non-hydrogen) atoms. The fourth-order valence-corrected chi connectivity index (χ4v) is 1.17. The van der Waals surface area contributed by atoms with Gasteiger partial charge in [-0.25, -0.2) is 0 Å². The van der Waals surface area contributed by atoms with Gasteiger partial charge in [0.2, 0.25) is 0 Å². The largest absolute Gasteiger partial charge is 0.329 e. The van der Waals surface area contributed by atoms with Crippen molar-refractivity contribution in [1.29, 1.82) is 0 Å². The molecule has 0 saturated carbocycles. The number of likely N-dealkylation sites (N-methyl/N-ethyl adjacent to an activating group) is 1. The number of rotatable bonds is 3. The summed E-state index contributed by atoms with van der Waals surface area (Å²) in [6.45, 7) is 0.601. The maximum absolute atomic E-state index is 5.62. The molecule has 2 N–H and O–H groups in total. The van der Waals surface area contributed by atoms with Gasteiger partial charge in [0, 0.05) is 12.7 Å². The molecule has 0 bridgehead atoms. The fraction of sp³-hybridized carbons (Fsp3) is 0.444. The molecule has 1 heterocycles. The quantitative estimate of drug-likeness (QED) is 0.714. The molecule has 0 spiro atoms. The number of aromatic nitrogens is 1. The highest BCUT2D eigenvalue weighted by molar-refractivity contribution is 5.08. The van der Waals surface area contributed by atoms with E-state index in [1.165, 1.54) is 0 Å². The molecule has 3 heteroatoms. The molecule has 1 aromatic rings. The molecule has 1 aromatic heterocycles. The van der Waals surface area contributed by atoms with Crippen LogP contribution in [0.1, 0.15) is 11.7 Å². The summed E-state index contributed by atoms with van der Waals surface area (Å²) in [5, 5.41) is 0. The number of nitrogens with two attached hydrogens (primary N) is 1. The molecule has 0 amide bonds. The zero-order chi connectivity index (χ0) is 8.97. The van der Waals surface area contributed by atoms with Gasteiger partial charge in [0.05, 0.1) is 11.7 Å². The van der Waals surface area contributed by atoms with E-state index in [0.29, 0.717) is 6.54 Å². The number of pyridine rings is 1. The molecule has 3 nitrogen and oxygen atoms in total. The lowest BCUT2D eigenvalue weighted by molar-refractivity contribution is 0.300. The van der Waals surface area contributed by atoms with Crippen LogP contribution in [0.25, 0.3) is 0 Å². The Labute approximate surface area is 73.2 Å². The minimum atomic E-state index is 0.228. The van der Waals surface area contributed by atoms with Crippen molar-refractivity contribution in [2.75, 3.05) is 20.6 Å². The van der Waals surface area contributed by atoms with E-state index in [1.807, 2.05) is 32.3 Å². The Bertz CT molecular complexity index is 220. The maximum atomic E-state index is 5.62. The molecule has 1 rings (SSSR count). The predicted molar refractivity (Wildman–Crippen MR) is 49.7 cm³/mol. The van der Waals surface area contributed by atoms with Crippen molar-refractivity contribution in [3.63, 3.8) is 0 Å². The number of nitrogens with zero attached hydrogens (tertiary/aromatic N) is 2. The van der Waals surface area contributed by atoms with Gasteiger partial charge in [0.15, 0.2) is 0 Å². The van der Waals surface area contributed by atoms with Crippen molar-refractivity contribution in [1.82, 2.24) is 9.88 Å². The van der Waals surface area contributed by atoms with Crippen LogP contribution < -0.4 is 5.73 Å². The second-order valence-corrected chi connectivity index (χ2v) is 2.97. The second kappa shape index (κ2) is 4.18. The molecule has 0 radical (unpaired) electrons. The Morgan fingerprint density at radius 1 is 1.50 bits per heavy atom. The highest BCUT2D eigenvalue weighted by atomic mass is 15.1. The van der Waals surface area contributed by atoms with Crippen molar-refractivity contribution in [3.8, 4) is 0 Å². The summed E-state index contributed by atoms with van der Waals surface area (Å²) in [4.78, 5) is 6.32. The molecule has 0 fully saturated rings. The summed E-state index contributed by atoms with van der Waals surface area (Å²) < 4.78 is 0. The summed E-state index contributed by atoms with van der Waals surface area (Å²) >= 11 is 0. The van der Waals surface area contributed by atoms with Gasteiger partial charge in [-0.05, 0) is 26.2 Å². The number of hydrogen-bond donors (Lipinski definition) is 1. The molecule has 1 atom stereocenters. The third-order valence-electron chi connectivity index (χ3n) is 1.88. The average molecular weight is 165 g/mol. The van der Waals surface area contributed by atoms with E-state index in [9.17, 15) is 0 Å². The SMILES string of the molecule is CN(C)[C@H](CN)c1ccccn1. The van der Waals surface area contributed by atoms with Gasteiger partial charge >= 0.3 is 0 Å². The van der Waals surface area contributed by atoms with Gasteiger partial charge in [0.1, 0.15) is 0 Å². The third kappa shape index (κ3) is 2.03. The van der Waals surface area contributed by atoms with Gasteiger partial charge < -0.3 is 5.73 Å². The van der Waals surface area contributed by atoms with Gasteiger partial charge in [-0.3, -0.25) is 9.88 Å². The lowest BCUT2D eigenvalue weighted by atomic mass is 10.2. The maximum Gasteiger partial charge on any atom is 0.0639 e. The van der Waals surface area contributed by atoms with E-state index in [4.69, 9.17) is 5.73 Å². The first-order valence-electron chi connectivity index (χ1n) is 4.03. The van der Waals surface area contributed by atoms with E-state index in [2.05, 4.69) is 9.88 Å². The van der Waals surface area contributed by atoms with Crippen LogP contribution >= 0.6 is 0 Å². The Hall–Kier alpha value is -0.930. The van der Waals surface area contributed by atoms with E-state index in [1.54, 1.807) is 6.20 Å². The molecule has 0 aliphatic heterocycles. The second-order valence-electron chi connectivity index (χ2n) is 2.97. The molecule has 0 aliphatic rings. The topological polar surface area (TPSA) is 42.1 Å². The van der Waals surface area contributed by atoms with Crippen LogP contribution in [0.5, 0.6) is 0 Å². The minimum Gasteiger partial charge on any atom is -0.329 e. The first-order chi connectivity index (χ1) is 5.75. The summed E-state index contributed by atoms with van der Waals surface area (Å²) in [6.07, 6.45) is 1.79. The first kappa shape index (κ1) is 9.16. The average Bonchev–Trinajstić information content (AvgIpc) is 2.07. The normalized spacial score (nSPS) is 13.3. The van der Waals surface area contributed by atoms with E-state index in [-0.39, 0.29) is 6.04 Å². The van der Waals surface area contributed by atoms with E-state index in [0.717, 1.165) is 5.69 Å².